The minimum Gasteiger partial charge on any atom is -0.494 e. The van der Waals surface area contributed by atoms with Crippen LogP contribution in [0.15, 0.2) is 40.4 Å². The molecule has 0 saturated carbocycles. The highest BCUT2D eigenvalue weighted by Gasteiger charge is 2.10. The Kier molecular flexibility index (Phi) is 5.83. The molecule has 0 atom stereocenters. The quantitative estimate of drug-likeness (QED) is 0.426. The molecule has 0 fully saturated rings. The Balaban J connectivity index is 2.49. The van der Waals surface area contributed by atoms with Crippen LogP contribution in [0, 0.1) is 4.77 Å². The number of nitrogens with two attached hydrogens (primary N) is 1. The number of nitrogens with zero attached hydrogens (tertiary/aromatic N) is 2. The van der Waals surface area contributed by atoms with E-state index in [0.29, 0.717) is 23.6 Å². The van der Waals surface area contributed by atoms with Crippen LogP contribution in [0.1, 0.15) is 19.4 Å². The Morgan fingerprint density at radius 1 is 1.42 bits per heavy atom. The van der Waals surface area contributed by atoms with Crippen LogP contribution >= 0.6 is 24.4 Å². The second-order valence-corrected chi connectivity index (χ2v) is 5.57. The molecule has 0 aliphatic carbocycles. The van der Waals surface area contributed by atoms with Gasteiger partial charge in [-0.05, 0) is 62.5 Å². The van der Waals surface area contributed by atoms with Gasteiger partial charge in [-0.15, -0.1) is 0 Å². The van der Waals surface area contributed by atoms with E-state index in [1.54, 1.807) is 31.2 Å². The van der Waals surface area contributed by atoms with Gasteiger partial charge in [0.05, 0.1) is 23.6 Å². The summed E-state index contributed by atoms with van der Waals surface area (Å²) < 4.78 is 7.07. The van der Waals surface area contributed by atoms with Gasteiger partial charge in [0, 0.05) is 6.20 Å². The molecule has 0 amide bonds. The predicted octanol–water partition coefficient (Wildman–Crippen LogP) is 1.85. The fourth-order valence-corrected chi connectivity index (χ4v) is 2.32. The van der Waals surface area contributed by atoms with Gasteiger partial charge in [0.25, 0.3) is 5.56 Å². The Morgan fingerprint density at radius 2 is 2.08 bits per heavy atom. The lowest BCUT2D eigenvalue weighted by atomic mass is 10.2. The average Bonchev–Trinajstić information content (AvgIpc) is 2.54. The van der Waals surface area contributed by atoms with Gasteiger partial charge >= 0.3 is 0 Å². The van der Waals surface area contributed by atoms with E-state index in [1.807, 2.05) is 6.92 Å². The maximum absolute atomic E-state index is 12.8. The van der Waals surface area contributed by atoms with Crippen LogP contribution in [0.2, 0.25) is 0 Å². The summed E-state index contributed by atoms with van der Waals surface area (Å²) in [4.78, 5) is 15.6. The van der Waals surface area contributed by atoms with Crippen molar-refractivity contribution in [3.63, 3.8) is 0 Å². The highest BCUT2D eigenvalue weighted by molar-refractivity contribution is 7.80. The molecule has 126 valence electrons. The summed E-state index contributed by atoms with van der Waals surface area (Å²) in [7, 11) is 0. The van der Waals surface area contributed by atoms with Gasteiger partial charge in [0.1, 0.15) is 5.75 Å². The SMILES string of the molecule is CCOc1ccc(-n2c(=S)[nH]cc(/C(C)=N/NC(N)=S)c2=O)cc1. The van der Waals surface area contributed by atoms with Crippen LogP contribution in [0.25, 0.3) is 5.69 Å². The lowest BCUT2D eigenvalue weighted by molar-refractivity contribution is 0.340. The molecule has 1 aromatic heterocycles. The van der Waals surface area contributed by atoms with Gasteiger partial charge in [-0.25, -0.2) is 0 Å². The third-order valence-corrected chi connectivity index (χ3v) is 3.50. The van der Waals surface area contributed by atoms with Crippen molar-refractivity contribution in [2.45, 2.75) is 13.8 Å². The zero-order chi connectivity index (χ0) is 17.7. The highest BCUT2D eigenvalue weighted by Crippen LogP contribution is 2.14. The fourth-order valence-electron chi connectivity index (χ4n) is 2.02. The lowest BCUT2D eigenvalue weighted by Crippen LogP contribution is -2.29. The number of rotatable bonds is 5. The minimum absolute atomic E-state index is 0.0186. The molecule has 7 nitrogen and oxygen atoms in total. The molecule has 9 heteroatoms. The van der Waals surface area contributed by atoms with E-state index < -0.39 is 0 Å². The molecule has 0 bridgehead atoms. The van der Waals surface area contributed by atoms with Crippen molar-refractivity contribution in [3.8, 4) is 11.4 Å². The minimum atomic E-state index is -0.297. The third-order valence-electron chi connectivity index (χ3n) is 3.11. The fraction of sp³-hybridized carbons (Fsp3) is 0.200. The molecule has 1 aromatic carbocycles. The van der Waals surface area contributed by atoms with Gasteiger partial charge in [0.15, 0.2) is 9.88 Å². The zero-order valence-corrected chi connectivity index (χ0v) is 14.8. The summed E-state index contributed by atoms with van der Waals surface area (Å²) in [5.41, 5.74) is 8.90. The molecule has 0 aliphatic heterocycles. The van der Waals surface area contributed by atoms with Crippen LogP contribution in [-0.2, 0) is 0 Å². The first-order valence-electron chi connectivity index (χ1n) is 7.12. The smallest absolute Gasteiger partial charge is 0.268 e. The number of hydrogen-bond acceptors (Lipinski definition) is 5. The number of hydrazone groups is 1. The average molecular weight is 363 g/mol. The normalized spacial score (nSPS) is 11.2. The maximum Gasteiger partial charge on any atom is 0.268 e. The Hall–Kier alpha value is -2.52. The van der Waals surface area contributed by atoms with Gasteiger partial charge in [-0.2, -0.15) is 5.10 Å². The molecule has 2 rings (SSSR count). The van der Waals surface area contributed by atoms with Crippen LogP contribution in [0.5, 0.6) is 5.75 Å². The second-order valence-electron chi connectivity index (χ2n) is 4.75. The summed E-state index contributed by atoms with van der Waals surface area (Å²) in [6.45, 7) is 4.14. The van der Waals surface area contributed by atoms with Gasteiger partial charge in [-0.3, -0.25) is 14.8 Å². The van der Waals surface area contributed by atoms with Gasteiger partial charge in [0.2, 0.25) is 0 Å². The largest absolute Gasteiger partial charge is 0.494 e. The van der Waals surface area contributed by atoms with Crippen LogP contribution in [0.3, 0.4) is 0 Å². The molecule has 1 heterocycles. The van der Waals surface area contributed by atoms with Crippen molar-refractivity contribution in [3.05, 3.63) is 51.2 Å². The van der Waals surface area contributed by atoms with Crippen molar-refractivity contribution < 1.29 is 4.74 Å². The van der Waals surface area contributed by atoms with E-state index in [-0.39, 0.29) is 15.4 Å². The van der Waals surface area contributed by atoms with Crippen LogP contribution < -0.4 is 21.5 Å². The molecule has 0 spiro atoms. The van der Waals surface area contributed by atoms with Crippen molar-refractivity contribution >= 4 is 35.3 Å². The number of aromatic amines is 1. The summed E-state index contributed by atoms with van der Waals surface area (Å²) in [6.07, 6.45) is 1.51. The molecule has 0 saturated heterocycles. The standard InChI is InChI=1S/C15H17N5O2S2/c1-3-22-11-6-4-10(5-7-11)20-13(21)12(8-17-15(20)24)9(2)18-19-14(16)23/h4-8H,3H2,1-2H3,(H,17,24)(H3,16,19,23)/b18-9+. The summed E-state index contributed by atoms with van der Waals surface area (Å²) in [5, 5.41) is 3.99. The third kappa shape index (κ3) is 4.06. The van der Waals surface area contributed by atoms with E-state index in [9.17, 15) is 4.79 Å². The summed E-state index contributed by atoms with van der Waals surface area (Å²) >= 11 is 9.93. The number of benzene rings is 1. The first kappa shape index (κ1) is 17.8. The Morgan fingerprint density at radius 3 is 2.67 bits per heavy atom. The van der Waals surface area contributed by atoms with Gasteiger partial charge in [-0.1, -0.05) is 0 Å². The van der Waals surface area contributed by atoms with E-state index >= 15 is 0 Å². The number of H-pyrrole nitrogens is 1. The first-order chi connectivity index (χ1) is 11.4. The molecule has 2 aromatic rings. The van der Waals surface area contributed by atoms with Crippen molar-refractivity contribution in [2.24, 2.45) is 10.8 Å². The van der Waals surface area contributed by atoms with Crippen LogP contribution in [-0.4, -0.2) is 27.0 Å². The zero-order valence-electron chi connectivity index (χ0n) is 13.2. The van der Waals surface area contributed by atoms with E-state index in [2.05, 4.69) is 15.5 Å². The number of thiocarbonyl (C=S) groups is 1. The first-order valence-corrected chi connectivity index (χ1v) is 7.93. The van der Waals surface area contributed by atoms with E-state index in [4.69, 9.17) is 34.9 Å². The summed E-state index contributed by atoms with van der Waals surface area (Å²) in [5.74, 6) is 0.721. The van der Waals surface area contributed by atoms with Crippen molar-refractivity contribution in [1.82, 2.24) is 15.0 Å². The monoisotopic (exact) mass is 363 g/mol. The molecule has 0 radical (unpaired) electrons. The molecular formula is C15H17N5O2S2. The molecule has 24 heavy (non-hydrogen) atoms. The number of hydrogen-bond donors (Lipinski definition) is 3. The Bertz CT molecular complexity index is 884. The summed E-state index contributed by atoms with van der Waals surface area (Å²) in [6, 6.07) is 7.09. The van der Waals surface area contributed by atoms with E-state index in [1.165, 1.54) is 10.8 Å². The predicted molar refractivity (Wildman–Crippen MR) is 101 cm³/mol. The number of ether oxygens (including phenoxy) is 1. The Labute approximate surface area is 149 Å². The van der Waals surface area contributed by atoms with Crippen LogP contribution in [0.4, 0.5) is 0 Å². The number of aromatic nitrogens is 2. The molecule has 0 aliphatic rings. The van der Waals surface area contributed by atoms with Crippen molar-refractivity contribution in [2.75, 3.05) is 6.61 Å². The highest BCUT2D eigenvalue weighted by atomic mass is 32.1. The number of nitrogens with one attached hydrogen (secondary N) is 2. The lowest BCUT2D eigenvalue weighted by Gasteiger charge is -2.10. The molecule has 4 N–H and O–H groups in total. The van der Waals surface area contributed by atoms with Gasteiger partial charge < -0.3 is 15.5 Å². The molecule has 0 unspecified atom stereocenters. The topological polar surface area (TPSA) is 97.4 Å². The van der Waals surface area contributed by atoms with Crippen molar-refractivity contribution in [1.29, 1.82) is 0 Å². The van der Waals surface area contributed by atoms with E-state index in [0.717, 1.165) is 5.75 Å². The molecular weight excluding hydrogens is 346 g/mol. The maximum atomic E-state index is 12.8. The second kappa shape index (κ2) is 7.84.